The number of thioether (sulfide) groups is 1. The number of rotatable bonds is 5. The molecule has 0 spiro atoms. The number of carbonyl (C=O) groups is 1. The zero-order chi connectivity index (χ0) is 16.9. The second kappa shape index (κ2) is 9.34. The van der Waals surface area contributed by atoms with Crippen molar-refractivity contribution in [2.75, 3.05) is 25.2 Å². The normalized spacial score (nSPS) is 22.1. The number of hydrogen-bond acceptors (Lipinski definition) is 4. The fraction of sp³-hybridized carbons (Fsp3) is 0.556. The molecular formula is C18H26ClN3O2S. The predicted octanol–water partition coefficient (Wildman–Crippen LogP) is 3.79. The van der Waals surface area contributed by atoms with E-state index in [9.17, 15) is 4.79 Å². The van der Waals surface area contributed by atoms with E-state index in [4.69, 9.17) is 9.73 Å². The number of methoxy groups -OCH3 is 1. The summed E-state index contributed by atoms with van der Waals surface area (Å²) in [4.78, 5) is 19.4. The molecule has 1 aliphatic heterocycles. The summed E-state index contributed by atoms with van der Waals surface area (Å²) >= 11 is 1.78. The molecule has 1 amide bonds. The first-order valence-corrected chi connectivity index (χ1v) is 9.51. The predicted molar refractivity (Wildman–Crippen MR) is 107 cm³/mol. The summed E-state index contributed by atoms with van der Waals surface area (Å²) in [5, 5.41) is 4.06. The molecule has 1 heterocycles. The fourth-order valence-electron chi connectivity index (χ4n) is 3.15. The van der Waals surface area contributed by atoms with E-state index in [1.54, 1.807) is 18.9 Å². The Morgan fingerprint density at radius 3 is 2.64 bits per heavy atom. The molecule has 2 fully saturated rings. The molecule has 1 saturated carbocycles. The van der Waals surface area contributed by atoms with Gasteiger partial charge in [-0.2, -0.15) is 0 Å². The second-order valence-corrected chi connectivity index (χ2v) is 7.39. The van der Waals surface area contributed by atoms with Gasteiger partial charge in [-0.05, 0) is 37.1 Å². The van der Waals surface area contributed by atoms with E-state index in [0.717, 1.165) is 22.4 Å². The molecule has 138 valence electrons. The Balaban J connectivity index is 0.00000225. The topological polar surface area (TPSA) is 53.9 Å². The molecule has 25 heavy (non-hydrogen) atoms. The number of halogens is 1. The van der Waals surface area contributed by atoms with Gasteiger partial charge in [0, 0.05) is 31.0 Å². The van der Waals surface area contributed by atoms with Gasteiger partial charge >= 0.3 is 0 Å². The first-order chi connectivity index (χ1) is 11.7. The van der Waals surface area contributed by atoms with Gasteiger partial charge < -0.3 is 15.0 Å². The summed E-state index contributed by atoms with van der Waals surface area (Å²) in [5.74, 6) is 1.75. The van der Waals surface area contributed by atoms with Gasteiger partial charge in [0.1, 0.15) is 5.75 Å². The van der Waals surface area contributed by atoms with Crippen LogP contribution in [-0.4, -0.2) is 48.0 Å². The molecule has 1 unspecified atom stereocenters. The van der Waals surface area contributed by atoms with Crippen LogP contribution in [-0.2, 0) is 4.79 Å². The minimum atomic E-state index is 0. The first kappa shape index (κ1) is 19.9. The van der Waals surface area contributed by atoms with Gasteiger partial charge in [-0.25, -0.2) is 0 Å². The molecule has 1 saturated heterocycles. The maximum absolute atomic E-state index is 12.3. The average Bonchev–Trinajstić information content (AvgIpc) is 3.21. The molecule has 2 aliphatic rings. The maximum atomic E-state index is 12.3. The Hall–Kier alpha value is -1.40. The summed E-state index contributed by atoms with van der Waals surface area (Å²) < 4.78 is 5.13. The van der Waals surface area contributed by atoms with Crippen molar-refractivity contribution in [2.45, 2.75) is 44.2 Å². The minimum Gasteiger partial charge on any atom is -0.497 e. The molecule has 1 N–H and O–H groups in total. The summed E-state index contributed by atoms with van der Waals surface area (Å²) in [6.07, 6.45) is 5.49. The van der Waals surface area contributed by atoms with E-state index < -0.39 is 0 Å². The number of ether oxygens (including phenoxy) is 1. The number of nitrogens with zero attached hydrogens (tertiary/aromatic N) is 2. The Morgan fingerprint density at radius 2 is 2.00 bits per heavy atom. The van der Waals surface area contributed by atoms with Crippen LogP contribution in [0.2, 0.25) is 0 Å². The van der Waals surface area contributed by atoms with E-state index in [-0.39, 0.29) is 24.4 Å². The lowest BCUT2D eigenvalue weighted by Crippen LogP contribution is -2.34. The number of amides is 1. The molecule has 5 nitrogen and oxygen atoms in total. The molecule has 1 aliphatic carbocycles. The fourth-order valence-corrected chi connectivity index (χ4v) is 4.41. The molecular weight excluding hydrogens is 358 g/mol. The molecule has 0 radical (unpaired) electrons. The number of anilines is 1. The largest absolute Gasteiger partial charge is 0.497 e. The highest BCUT2D eigenvalue weighted by Gasteiger charge is 2.30. The molecule has 0 bridgehead atoms. The van der Waals surface area contributed by atoms with E-state index in [2.05, 4.69) is 17.3 Å². The van der Waals surface area contributed by atoms with E-state index in [1.807, 2.05) is 24.3 Å². The van der Waals surface area contributed by atoms with Crippen LogP contribution in [0.5, 0.6) is 5.75 Å². The summed E-state index contributed by atoms with van der Waals surface area (Å²) in [6.45, 7) is 0. The van der Waals surface area contributed by atoms with Gasteiger partial charge in [-0.15, -0.1) is 12.4 Å². The lowest BCUT2D eigenvalue weighted by atomic mass is 10.2. The SMILES string of the molecule is COc1ccc(NC(=O)CC2CS/C(=N\C3CCCC3)N2C)cc1.Cl. The van der Waals surface area contributed by atoms with Crippen LogP contribution in [0.25, 0.3) is 0 Å². The molecule has 1 aromatic rings. The number of carbonyl (C=O) groups excluding carboxylic acids is 1. The minimum absolute atomic E-state index is 0. The number of benzene rings is 1. The Labute approximate surface area is 160 Å². The lowest BCUT2D eigenvalue weighted by molar-refractivity contribution is -0.116. The summed E-state index contributed by atoms with van der Waals surface area (Å²) in [5.41, 5.74) is 0.800. The summed E-state index contributed by atoms with van der Waals surface area (Å²) in [7, 11) is 3.69. The molecule has 1 atom stereocenters. The van der Waals surface area contributed by atoms with Gasteiger partial charge in [0.05, 0.1) is 13.2 Å². The van der Waals surface area contributed by atoms with Crippen LogP contribution in [0, 0.1) is 0 Å². The Bertz CT molecular complexity index is 603. The molecule has 0 aromatic heterocycles. The van der Waals surface area contributed by atoms with Gasteiger partial charge in [0.25, 0.3) is 0 Å². The number of nitrogens with one attached hydrogen (secondary N) is 1. The van der Waals surface area contributed by atoms with Crippen molar-refractivity contribution in [1.82, 2.24) is 4.90 Å². The smallest absolute Gasteiger partial charge is 0.226 e. The van der Waals surface area contributed by atoms with Crippen molar-refractivity contribution >= 4 is 40.9 Å². The summed E-state index contributed by atoms with van der Waals surface area (Å²) in [6, 6.07) is 8.11. The van der Waals surface area contributed by atoms with Crippen molar-refractivity contribution in [3.05, 3.63) is 24.3 Å². The van der Waals surface area contributed by atoms with Crippen LogP contribution >= 0.6 is 24.2 Å². The number of aliphatic imine (C=N–C) groups is 1. The van der Waals surface area contributed by atoms with E-state index in [1.165, 1.54) is 25.7 Å². The van der Waals surface area contributed by atoms with Crippen LogP contribution in [0.3, 0.4) is 0 Å². The zero-order valence-electron chi connectivity index (χ0n) is 14.7. The molecule has 7 heteroatoms. The third-order valence-electron chi connectivity index (χ3n) is 4.67. The van der Waals surface area contributed by atoms with Crippen LogP contribution in [0.1, 0.15) is 32.1 Å². The van der Waals surface area contributed by atoms with Gasteiger partial charge in [0.15, 0.2) is 5.17 Å². The lowest BCUT2D eigenvalue weighted by Gasteiger charge is -2.21. The van der Waals surface area contributed by atoms with E-state index >= 15 is 0 Å². The Morgan fingerprint density at radius 1 is 1.32 bits per heavy atom. The molecule has 3 rings (SSSR count). The Kier molecular flexibility index (Phi) is 7.44. The molecule has 1 aromatic carbocycles. The van der Waals surface area contributed by atoms with Crippen molar-refractivity contribution in [3.63, 3.8) is 0 Å². The number of amidine groups is 1. The maximum Gasteiger partial charge on any atom is 0.226 e. The van der Waals surface area contributed by atoms with E-state index in [0.29, 0.717) is 12.5 Å². The van der Waals surface area contributed by atoms with Crippen LogP contribution in [0.15, 0.2) is 29.3 Å². The third-order valence-corrected chi connectivity index (χ3v) is 5.87. The van der Waals surface area contributed by atoms with Crippen molar-refractivity contribution in [2.24, 2.45) is 4.99 Å². The standard InChI is InChI=1S/C18H25N3O2S.ClH/c1-21-15(12-24-18(21)20-13-5-3-4-6-13)11-17(22)19-14-7-9-16(23-2)10-8-14;/h7-10,13,15H,3-6,11-12H2,1-2H3,(H,19,22);1H/b20-18-;. The monoisotopic (exact) mass is 383 g/mol. The van der Waals surface area contributed by atoms with Gasteiger partial charge in [-0.3, -0.25) is 9.79 Å². The van der Waals surface area contributed by atoms with Crippen LogP contribution in [0.4, 0.5) is 5.69 Å². The van der Waals surface area contributed by atoms with Crippen LogP contribution < -0.4 is 10.1 Å². The third kappa shape index (κ3) is 5.28. The van der Waals surface area contributed by atoms with Crippen molar-refractivity contribution in [3.8, 4) is 5.75 Å². The highest BCUT2D eigenvalue weighted by molar-refractivity contribution is 8.14. The van der Waals surface area contributed by atoms with Gasteiger partial charge in [-0.1, -0.05) is 24.6 Å². The zero-order valence-corrected chi connectivity index (χ0v) is 16.4. The quantitative estimate of drug-likeness (QED) is 0.840. The highest BCUT2D eigenvalue weighted by atomic mass is 35.5. The highest BCUT2D eigenvalue weighted by Crippen LogP contribution is 2.29. The van der Waals surface area contributed by atoms with Crippen molar-refractivity contribution < 1.29 is 9.53 Å². The average molecular weight is 384 g/mol. The number of hydrogen-bond donors (Lipinski definition) is 1. The second-order valence-electron chi connectivity index (χ2n) is 6.41. The van der Waals surface area contributed by atoms with Crippen molar-refractivity contribution in [1.29, 1.82) is 0 Å². The van der Waals surface area contributed by atoms with Gasteiger partial charge in [0.2, 0.25) is 5.91 Å². The first-order valence-electron chi connectivity index (χ1n) is 8.53.